The number of aryl methyl sites for hydroxylation is 1. The highest BCUT2D eigenvalue weighted by molar-refractivity contribution is 8.30. The van der Waals surface area contributed by atoms with E-state index in [0.29, 0.717) is 14.7 Å². The second-order valence-corrected chi connectivity index (χ2v) is 12.3. The molecule has 0 saturated heterocycles. The molecule has 0 amide bonds. The van der Waals surface area contributed by atoms with Gasteiger partial charge in [-0.05, 0) is 65.1 Å². The van der Waals surface area contributed by atoms with Crippen LogP contribution in [0.1, 0.15) is 76.7 Å². The van der Waals surface area contributed by atoms with E-state index in [1.807, 2.05) is 24.3 Å². The Labute approximate surface area is 227 Å². The quantitative estimate of drug-likeness (QED) is 0.178. The van der Waals surface area contributed by atoms with Crippen LogP contribution in [0.15, 0.2) is 99.6 Å². The molecule has 0 unspecified atom stereocenters. The molecule has 0 fully saturated rings. The zero-order valence-corrected chi connectivity index (χ0v) is 23.0. The predicted octanol–water partition coefficient (Wildman–Crippen LogP) is 10.5. The second-order valence-electron chi connectivity index (χ2n) is 9.63. The van der Waals surface area contributed by atoms with E-state index in [1.165, 1.54) is 57.8 Å². The van der Waals surface area contributed by atoms with E-state index in [9.17, 15) is 18.0 Å². The van der Waals surface area contributed by atoms with Gasteiger partial charge in [0.25, 0.3) is 0 Å². The topological polar surface area (TPSA) is 26.3 Å². The molecule has 0 spiro atoms. The molecule has 0 bridgehead atoms. The molecule has 3 aromatic carbocycles. The number of halogens is 3. The fraction of sp³-hybridized carbons (Fsp3) is 0.406. The van der Waals surface area contributed by atoms with E-state index in [1.54, 1.807) is 60.7 Å². The maximum absolute atomic E-state index is 13.4. The summed E-state index contributed by atoms with van der Waals surface area (Å²) in [6.45, 7) is 2.24. The highest BCUT2D eigenvalue weighted by Gasteiger charge is 2.47. The molecule has 0 heterocycles. The number of carbonyl (C=O) groups is 1. The van der Waals surface area contributed by atoms with Crippen LogP contribution in [-0.4, -0.2) is 12.1 Å². The second kappa shape index (κ2) is 15.0. The van der Waals surface area contributed by atoms with Gasteiger partial charge in [0.1, 0.15) is 0 Å². The number of rotatable bonds is 15. The lowest BCUT2D eigenvalue weighted by Gasteiger charge is -2.39. The zero-order chi connectivity index (χ0) is 27.3. The summed E-state index contributed by atoms with van der Waals surface area (Å²) in [4.78, 5) is 13.9. The van der Waals surface area contributed by atoms with Crippen LogP contribution in [0.3, 0.4) is 0 Å². The highest BCUT2D eigenvalue weighted by atomic mass is 32.3. The molecule has 0 radical (unpaired) electrons. The normalized spacial score (nSPS) is 12.3. The molecular weight excluding hydrogens is 505 g/mol. The van der Waals surface area contributed by atoms with Crippen molar-refractivity contribution in [1.82, 2.24) is 0 Å². The van der Waals surface area contributed by atoms with Crippen molar-refractivity contribution in [2.45, 2.75) is 98.4 Å². The number of alkyl halides is 3. The first kappa shape index (κ1) is 29.8. The number of unbranched alkanes of at least 4 members (excludes halogenated alkanes) is 9. The van der Waals surface area contributed by atoms with Crippen molar-refractivity contribution in [2.75, 3.05) is 0 Å². The summed E-state index contributed by atoms with van der Waals surface area (Å²) >= 11 is 0. The summed E-state index contributed by atoms with van der Waals surface area (Å²) in [5.74, 6) is -2.19. The van der Waals surface area contributed by atoms with Crippen molar-refractivity contribution >= 4 is 16.3 Å². The van der Waals surface area contributed by atoms with Crippen molar-refractivity contribution in [3.8, 4) is 0 Å². The van der Waals surface area contributed by atoms with E-state index in [4.69, 9.17) is 4.18 Å². The smallest absolute Gasteiger partial charge is 0.395 e. The lowest BCUT2D eigenvalue weighted by Crippen LogP contribution is -2.27. The van der Waals surface area contributed by atoms with E-state index in [0.717, 1.165) is 18.4 Å². The molecule has 38 heavy (non-hydrogen) atoms. The number of hydrogen-bond donors (Lipinski definition) is 0. The lowest BCUT2D eigenvalue weighted by molar-refractivity contribution is -0.188. The Balaban J connectivity index is 1.74. The van der Waals surface area contributed by atoms with Gasteiger partial charge in [-0.3, -0.25) is 0 Å². The third kappa shape index (κ3) is 8.39. The zero-order valence-electron chi connectivity index (χ0n) is 22.2. The fourth-order valence-corrected chi connectivity index (χ4v) is 7.63. The van der Waals surface area contributed by atoms with Crippen LogP contribution >= 0.6 is 10.3 Å². The summed E-state index contributed by atoms with van der Waals surface area (Å²) in [7, 11) is -2.95. The van der Waals surface area contributed by atoms with Crippen LogP contribution in [0.25, 0.3) is 0 Å². The molecule has 0 saturated carbocycles. The molecule has 0 N–H and O–H groups in total. The van der Waals surface area contributed by atoms with Crippen molar-refractivity contribution < 1.29 is 22.1 Å². The van der Waals surface area contributed by atoms with Crippen molar-refractivity contribution in [3.63, 3.8) is 0 Å². The molecule has 0 aliphatic rings. The molecule has 0 atom stereocenters. The van der Waals surface area contributed by atoms with Gasteiger partial charge in [0, 0.05) is 14.7 Å². The summed E-state index contributed by atoms with van der Waals surface area (Å²) in [6, 6.07) is 25.1. The first-order valence-corrected chi connectivity index (χ1v) is 15.3. The first-order chi connectivity index (χ1) is 18.4. The van der Waals surface area contributed by atoms with Crippen LogP contribution in [-0.2, 0) is 15.4 Å². The SMILES string of the molecule is CCCCCCCCCCCCc1ccc(S(OC(=O)C(F)(F)F)(c2ccccc2)c2ccccc2)cc1. The Bertz CT molecular complexity index is 1040. The van der Waals surface area contributed by atoms with E-state index in [-0.39, 0.29) is 0 Å². The van der Waals surface area contributed by atoms with Crippen molar-refractivity contribution in [2.24, 2.45) is 0 Å². The van der Waals surface area contributed by atoms with Gasteiger partial charge in [-0.15, -0.1) is 0 Å². The van der Waals surface area contributed by atoms with E-state index in [2.05, 4.69) is 6.92 Å². The molecule has 6 heteroatoms. The van der Waals surface area contributed by atoms with Gasteiger partial charge in [0.2, 0.25) is 0 Å². The molecule has 2 nitrogen and oxygen atoms in total. The summed E-state index contributed by atoms with van der Waals surface area (Å²) < 4.78 is 45.8. The van der Waals surface area contributed by atoms with Gasteiger partial charge in [0.05, 0.1) is 0 Å². The average molecular weight is 545 g/mol. The Morgan fingerprint density at radius 1 is 0.632 bits per heavy atom. The Kier molecular flexibility index (Phi) is 11.8. The van der Waals surface area contributed by atoms with Crippen LogP contribution in [0, 0.1) is 0 Å². The van der Waals surface area contributed by atoms with Gasteiger partial charge in [0.15, 0.2) is 0 Å². The Hall–Kier alpha value is -2.73. The first-order valence-electron chi connectivity index (χ1n) is 13.7. The van der Waals surface area contributed by atoms with Gasteiger partial charge in [-0.25, -0.2) is 4.79 Å². The number of benzene rings is 3. The molecule has 0 aliphatic heterocycles. The summed E-state index contributed by atoms with van der Waals surface area (Å²) in [6.07, 6.45) is 8.50. The Morgan fingerprint density at radius 2 is 1.05 bits per heavy atom. The lowest BCUT2D eigenvalue weighted by atomic mass is 10.0. The van der Waals surface area contributed by atoms with Crippen LogP contribution in [0.4, 0.5) is 13.2 Å². The minimum atomic E-state index is -5.10. The highest BCUT2D eigenvalue weighted by Crippen LogP contribution is 2.69. The molecule has 0 aliphatic carbocycles. The average Bonchev–Trinajstić information content (AvgIpc) is 2.93. The molecule has 3 aromatic rings. The van der Waals surface area contributed by atoms with Crippen LogP contribution < -0.4 is 0 Å². The monoisotopic (exact) mass is 544 g/mol. The van der Waals surface area contributed by atoms with E-state index < -0.39 is 22.5 Å². The standard InChI is InChI=1S/C32H39F3O2S/c1-2-3-4-5-6-7-8-9-10-13-18-27-23-25-30(26-24-27)38(28-19-14-11-15-20-28,29-21-16-12-17-22-29)37-31(36)32(33,34)35/h11-12,14-17,19-26H,2-10,13,18H2,1H3. The fourth-order valence-electron chi connectivity index (χ4n) is 4.60. The molecular formula is C32H39F3O2S. The third-order valence-electron chi connectivity index (χ3n) is 6.66. The van der Waals surface area contributed by atoms with Crippen molar-refractivity contribution in [1.29, 1.82) is 0 Å². The van der Waals surface area contributed by atoms with Crippen LogP contribution in [0.2, 0.25) is 0 Å². The third-order valence-corrected chi connectivity index (χ3v) is 9.87. The minimum absolute atomic E-state index is 0.534. The number of hydrogen-bond acceptors (Lipinski definition) is 2. The molecule has 3 rings (SSSR count). The maximum atomic E-state index is 13.4. The largest absolute Gasteiger partial charge is 0.491 e. The summed E-state index contributed by atoms with van der Waals surface area (Å²) in [5.41, 5.74) is 1.13. The van der Waals surface area contributed by atoms with Gasteiger partial charge in [-0.2, -0.15) is 13.2 Å². The van der Waals surface area contributed by atoms with Crippen molar-refractivity contribution in [3.05, 3.63) is 90.5 Å². The molecule has 0 aromatic heterocycles. The Morgan fingerprint density at radius 3 is 1.50 bits per heavy atom. The van der Waals surface area contributed by atoms with E-state index >= 15 is 0 Å². The van der Waals surface area contributed by atoms with Crippen LogP contribution in [0.5, 0.6) is 0 Å². The predicted molar refractivity (Wildman–Crippen MR) is 149 cm³/mol. The van der Waals surface area contributed by atoms with Gasteiger partial charge < -0.3 is 4.18 Å². The molecule has 206 valence electrons. The summed E-state index contributed by atoms with van der Waals surface area (Å²) in [5, 5.41) is 0. The van der Waals surface area contributed by atoms with Gasteiger partial charge in [-0.1, -0.05) is 113 Å². The van der Waals surface area contributed by atoms with Gasteiger partial charge >= 0.3 is 12.1 Å². The number of carbonyl (C=O) groups excluding carboxylic acids is 1. The minimum Gasteiger partial charge on any atom is -0.395 e. The maximum Gasteiger partial charge on any atom is 0.491 e.